The third-order valence-electron chi connectivity index (χ3n) is 2.47. The van der Waals surface area contributed by atoms with E-state index in [0.29, 0.717) is 10.0 Å². The Kier molecular flexibility index (Phi) is 3.84. The van der Waals surface area contributed by atoms with Crippen LogP contribution in [0.15, 0.2) is 30.5 Å². The molecule has 6 heteroatoms. The highest BCUT2D eigenvalue weighted by molar-refractivity contribution is 7.80. The summed E-state index contributed by atoms with van der Waals surface area (Å²) in [5, 5.41) is 8.12. The standard InChI is InChI=1S/C12H13ClN4S/c1-2-17-6-5-11(16-17)15-10-7-8(13)3-4-9(10)12(14)18/h3-7H,2H2,1H3,(H2,14,18)(H,15,16). The molecule has 18 heavy (non-hydrogen) atoms. The van der Waals surface area contributed by atoms with E-state index >= 15 is 0 Å². The number of halogens is 1. The first-order valence-electron chi connectivity index (χ1n) is 5.50. The van der Waals surface area contributed by atoms with Crippen molar-refractivity contribution in [1.82, 2.24) is 9.78 Å². The SMILES string of the molecule is CCn1ccc(Nc2cc(Cl)ccc2C(N)=S)n1. The number of rotatable bonds is 4. The van der Waals surface area contributed by atoms with Gasteiger partial charge in [0, 0.05) is 29.4 Å². The molecule has 0 unspecified atom stereocenters. The Balaban J connectivity index is 2.32. The Morgan fingerprint density at radius 3 is 2.89 bits per heavy atom. The highest BCUT2D eigenvalue weighted by Gasteiger charge is 2.07. The van der Waals surface area contributed by atoms with Gasteiger partial charge in [0.2, 0.25) is 0 Å². The van der Waals surface area contributed by atoms with Crippen LogP contribution in [-0.4, -0.2) is 14.8 Å². The van der Waals surface area contributed by atoms with Crippen LogP contribution in [0.1, 0.15) is 12.5 Å². The van der Waals surface area contributed by atoms with Crippen molar-refractivity contribution in [2.45, 2.75) is 13.5 Å². The van der Waals surface area contributed by atoms with E-state index < -0.39 is 0 Å². The van der Waals surface area contributed by atoms with Crippen LogP contribution in [0.2, 0.25) is 5.02 Å². The summed E-state index contributed by atoms with van der Waals surface area (Å²) >= 11 is 11.0. The van der Waals surface area contributed by atoms with Gasteiger partial charge in [-0.3, -0.25) is 4.68 Å². The number of hydrogen-bond donors (Lipinski definition) is 2. The minimum absolute atomic E-state index is 0.323. The van der Waals surface area contributed by atoms with Crippen molar-refractivity contribution >= 4 is 40.3 Å². The monoisotopic (exact) mass is 280 g/mol. The zero-order chi connectivity index (χ0) is 13.1. The molecule has 0 radical (unpaired) electrons. The van der Waals surface area contributed by atoms with E-state index in [1.54, 1.807) is 18.2 Å². The molecule has 3 N–H and O–H groups in total. The summed E-state index contributed by atoms with van der Waals surface area (Å²) in [7, 11) is 0. The van der Waals surface area contributed by atoms with Crippen molar-refractivity contribution in [2.24, 2.45) is 5.73 Å². The molecule has 0 aliphatic carbocycles. The molecule has 94 valence electrons. The number of hydrogen-bond acceptors (Lipinski definition) is 3. The number of nitrogens with one attached hydrogen (secondary N) is 1. The van der Waals surface area contributed by atoms with Gasteiger partial charge in [0.1, 0.15) is 4.99 Å². The maximum Gasteiger partial charge on any atom is 0.152 e. The fourth-order valence-corrected chi connectivity index (χ4v) is 1.93. The molecule has 0 aliphatic rings. The van der Waals surface area contributed by atoms with Gasteiger partial charge in [0.05, 0.1) is 5.69 Å². The van der Waals surface area contributed by atoms with Gasteiger partial charge in [0.25, 0.3) is 0 Å². The van der Waals surface area contributed by atoms with Crippen LogP contribution in [-0.2, 0) is 6.54 Å². The molecule has 0 bridgehead atoms. The van der Waals surface area contributed by atoms with Crippen LogP contribution in [0.4, 0.5) is 11.5 Å². The van der Waals surface area contributed by atoms with Crippen LogP contribution in [0, 0.1) is 0 Å². The number of nitrogens with zero attached hydrogens (tertiary/aromatic N) is 2. The molecule has 1 heterocycles. The van der Waals surface area contributed by atoms with Crippen LogP contribution >= 0.6 is 23.8 Å². The Morgan fingerprint density at radius 2 is 2.28 bits per heavy atom. The molecule has 0 atom stereocenters. The number of benzene rings is 1. The molecular weight excluding hydrogens is 268 g/mol. The Hall–Kier alpha value is -1.59. The molecule has 1 aromatic heterocycles. The van der Waals surface area contributed by atoms with E-state index in [-0.39, 0.29) is 0 Å². The first-order chi connectivity index (χ1) is 8.60. The van der Waals surface area contributed by atoms with Gasteiger partial charge in [-0.15, -0.1) is 0 Å². The highest BCUT2D eigenvalue weighted by atomic mass is 35.5. The number of aryl methyl sites for hydroxylation is 1. The zero-order valence-electron chi connectivity index (χ0n) is 9.85. The van der Waals surface area contributed by atoms with Crippen LogP contribution in [0.5, 0.6) is 0 Å². The van der Waals surface area contributed by atoms with Gasteiger partial charge in [-0.2, -0.15) is 5.10 Å². The second kappa shape index (κ2) is 5.37. The van der Waals surface area contributed by atoms with E-state index in [4.69, 9.17) is 29.6 Å². The summed E-state index contributed by atoms with van der Waals surface area (Å²) in [6, 6.07) is 7.21. The van der Waals surface area contributed by atoms with Gasteiger partial charge in [-0.1, -0.05) is 23.8 Å². The molecule has 2 rings (SSSR count). The second-order valence-electron chi connectivity index (χ2n) is 3.74. The van der Waals surface area contributed by atoms with Crippen molar-refractivity contribution < 1.29 is 0 Å². The lowest BCUT2D eigenvalue weighted by Crippen LogP contribution is -2.12. The van der Waals surface area contributed by atoms with Gasteiger partial charge in [0.15, 0.2) is 5.82 Å². The van der Waals surface area contributed by atoms with Crippen molar-refractivity contribution in [1.29, 1.82) is 0 Å². The Bertz CT molecular complexity index is 579. The number of nitrogens with two attached hydrogens (primary N) is 1. The van der Waals surface area contributed by atoms with Crippen LogP contribution in [0.25, 0.3) is 0 Å². The lowest BCUT2D eigenvalue weighted by Gasteiger charge is -2.09. The molecule has 0 saturated heterocycles. The predicted molar refractivity (Wildman–Crippen MR) is 78.5 cm³/mol. The largest absolute Gasteiger partial charge is 0.389 e. The van der Waals surface area contributed by atoms with Crippen molar-refractivity contribution in [3.63, 3.8) is 0 Å². The summed E-state index contributed by atoms with van der Waals surface area (Å²) in [4.78, 5) is 0.323. The minimum Gasteiger partial charge on any atom is -0.389 e. The summed E-state index contributed by atoms with van der Waals surface area (Å²) in [5.41, 5.74) is 7.18. The maximum atomic E-state index is 5.97. The Morgan fingerprint density at radius 1 is 1.50 bits per heavy atom. The van der Waals surface area contributed by atoms with E-state index in [1.165, 1.54) is 0 Å². The topological polar surface area (TPSA) is 55.9 Å². The number of thiocarbonyl (C=S) groups is 1. The molecule has 0 aliphatic heterocycles. The van der Waals surface area contributed by atoms with Crippen molar-refractivity contribution in [3.05, 3.63) is 41.0 Å². The maximum absolute atomic E-state index is 5.97. The fraction of sp³-hybridized carbons (Fsp3) is 0.167. The second-order valence-corrected chi connectivity index (χ2v) is 4.61. The van der Waals surface area contributed by atoms with Crippen molar-refractivity contribution in [3.8, 4) is 0 Å². The van der Waals surface area contributed by atoms with E-state index in [1.807, 2.05) is 23.9 Å². The van der Waals surface area contributed by atoms with Crippen LogP contribution in [0.3, 0.4) is 0 Å². The highest BCUT2D eigenvalue weighted by Crippen LogP contribution is 2.24. The zero-order valence-corrected chi connectivity index (χ0v) is 11.4. The van der Waals surface area contributed by atoms with Gasteiger partial charge < -0.3 is 11.1 Å². The van der Waals surface area contributed by atoms with Crippen molar-refractivity contribution in [2.75, 3.05) is 5.32 Å². The van der Waals surface area contributed by atoms with Gasteiger partial charge >= 0.3 is 0 Å². The summed E-state index contributed by atoms with van der Waals surface area (Å²) < 4.78 is 1.83. The fourth-order valence-electron chi connectivity index (χ4n) is 1.58. The molecule has 1 aromatic carbocycles. The first kappa shape index (κ1) is 12.9. The van der Waals surface area contributed by atoms with Crippen LogP contribution < -0.4 is 11.1 Å². The van der Waals surface area contributed by atoms with E-state index in [2.05, 4.69) is 10.4 Å². The summed E-state index contributed by atoms with van der Waals surface area (Å²) in [5.74, 6) is 0.733. The third kappa shape index (κ3) is 2.80. The van der Waals surface area contributed by atoms with E-state index in [0.717, 1.165) is 23.6 Å². The predicted octanol–water partition coefficient (Wildman–Crippen LogP) is 2.93. The molecule has 0 spiro atoms. The average Bonchev–Trinajstić information content (AvgIpc) is 2.76. The normalized spacial score (nSPS) is 10.3. The van der Waals surface area contributed by atoms with E-state index in [9.17, 15) is 0 Å². The minimum atomic E-state index is 0.323. The molecule has 0 saturated carbocycles. The molecule has 4 nitrogen and oxygen atoms in total. The lowest BCUT2D eigenvalue weighted by atomic mass is 10.2. The first-order valence-corrected chi connectivity index (χ1v) is 6.28. The Labute approximate surface area is 116 Å². The molecule has 0 fully saturated rings. The molecular formula is C12H13ClN4S. The molecule has 2 aromatic rings. The molecule has 0 amide bonds. The number of anilines is 2. The smallest absolute Gasteiger partial charge is 0.152 e. The lowest BCUT2D eigenvalue weighted by molar-refractivity contribution is 0.662. The van der Waals surface area contributed by atoms with Gasteiger partial charge in [-0.05, 0) is 25.1 Å². The van der Waals surface area contributed by atoms with Gasteiger partial charge in [-0.25, -0.2) is 0 Å². The number of aromatic nitrogens is 2. The average molecular weight is 281 g/mol. The summed E-state index contributed by atoms with van der Waals surface area (Å²) in [6.07, 6.45) is 1.90. The third-order valence-corrected chi connectivity index (χ3v) is 2.93. The summed E-state index contributed by atoms with van der Waals surface area (Å²) in [6.45, 7) is 2.84. The quantitative estimate of drug-likeness (QED) is 0.846.